The Kier molecular flexibility index (Phi) is 4.04. The molecule has 0 atom stereocenters. The van der Waals surface area contributed by atoms with Gasteiger partial charge in [0.1, 0.15) is 5.75 Å². The first-order valence-corrected chi connectivity index (χ1v) is 7.42. The summed E-state index contributed by atoms with van der Waals surface area (Å²) in [7, 11) is 1.43. The first kappa shape index (κ1) is 15.7. The molecule has 3 rings (SSSR count). The van der Waals surface area contributed by atoms with Crippen LogP contribution in [0.25, 0.3) is 0 Å². The number of nitrogens with one attached hydrogen (secondary N) is 1. The van der Waals surface area contributed by atoms with Crippen molar-refractivity contribution in [2.75, 3.05) is 19.0 Å². The number of aryl methyl sites for hydroxylation is 1. The van der Waals surface area contributed by atoms with Crippen LogP contribution in [0.4, 0.5) is 5.69 Å². The maximum absolute atomic E-state index is 12.0. The van der Waals surface area contributed by atoms with Crippen molar-refractivity contribution >= 4 is 23.4 Å². The van der Waals surface area contributed by atoms with E-state index in [1.165, 1.54) is 19.2 Å². The molecule has 3 amide bonds. The second-order valence-corrected chi connectivity index (χ2v) is 5.53. The van der Waals surface area contributed by atoms with Gasteiger partial charge in [0.2, 0.25) is 0 Å². The molecule has 0 bridgehead atoms. The van der Waals surface area contributed by atoms with Crippen molar-refractivity contribution in [1.82, 2.24) is 4.90 Å². The smallest absolute Gasteiger partial charge is 0.262 e. The zero-order chi connectivity index (χ0) is 17.3. The summed E-state index contributed by atoms with van der Waals surface area (Å²) < 4.78 is 5.48. The van der Waals surface area contributed by atoms with E-state index in [0.29, 0.717) is 22.6 Å². The molecule has 2 aromatic carbocycles. The van der Waals surface area contributed by atoms with E-state index in [9.17, 15) is 14.4 Å². The van der Waals surface area contributed by atoms with Gasteiger partial charge in [-0.1, -0.05) is 18.2 Å². The number of ether oxygens (including phenoxy) is 1. The molecule has 6 heteroatoms. The van der Waals surface area contributed by atoms with Crippen LogP contribution in [0, 0.1) is 6.92 Å². The molecule has 24 heavy (non-hydrogen) atoms. The van der Waals surface area contributed by atoms with Crippen molar-refractivity contribution in [3.63, 3.8) is 0 Å². The molecule has 122 valence electrons. The highest BCUT2D eigenvalue weighted by atomic mass is 16.5. The molecule has 0 spiro atoms. The van der Waals surface area contributed by atoms with Crippen LogP contribution < -0.4 is 10.1 Å². The number of imide groups is 1. The fourth-order valence-corrected chi connectivity index (χ4v) is 2.50. The first-order chi connectivity index (χ1) is 11.5. The van der Waals surface area contributed by atoms with E-state index in [0.717, 1.165) is 10.5 Å². The van der Waals surface area contributed by atoms with Gasteiger partial charge in [0.25, 0.3) is 17.7 Å². The fourth-order valence-electron chi connectivity index (χ4n) is 2.50. The highest BCUT2D eigenvalue weighted by Gasteiger charge is 2.32. The number of anilines is 1. The quantitative estimate of drug-likeness (QED) is 0.875. The van der Waals surface area contributed by atoms with Crippen molar-refractivity contribution in [2.45, 2.75) is 6.92 Å². The topological polar surface area (TPSA) is 75.7 Å². The summed E-state index contributed by atoms with van der Waals surface area (Å²) in [6.07, 6.45) is 0. The highest BCUT2D eigenvalue weighted by molar-refractivity contribution is 6.21. The molecule has 0 saturated carbocycles. The van der Waals surface area contributed by atoms with Crippen LogP contribution in [0.2, 0.25) is 0 Å². The Morgan fingerprint density at radius 3 is 2.54 bits per heavy atom. The Morgan fingerprint density at radius 2 is 1.79 bits per heavy atom. The lowest BCUT2D eigenvalue weighted by Gasteiger charge is -2.09. The summed E-state index contributed by atoms with van der Waals surface area (Å²) in [4.78, 5) is 36.9. The van der Waals surface area contributed by atoms with E-state index in [4.69, 9.17) is 4.74 Å². The molecule has 2 aromatic rings. The van der Waals surface area contributed by atoms with Gasteiger partial charge in [0.15, 0.2) is 6.61 Å². The SMILES string of the molecule is Cc1ccccc1OCC(=O)Nc1ccc2c(c1)C(=O)N(C)C2=O. The average molecular weight is 324 g/mol. The first-order valence-electron chi connectivity index (χ1n) is 7.42. The van der Waals surface area contributed by atoms with E-state index < -0.39 is 0 Å². The Hall–Kier alpha value is -3.15. The molecule has 1 N–H and O–H groups in total. The fraction of sp³-hybridized carbons (Fsp3) is 0.167. The number of rotatable bonds is 4. The van der Waals surface area contributed by atoms with Crippen molar-refractivity contribution in [3.05, 3.63) is 59.2 Å². The van der Waals surface area contributed by atoms with E-state index in [1.54, 1.807) is 12.1 Å². The molecular weight excluding hydrogens is 308 g/mol. The van der Waals surface area contributed by atoms with Crippen LogP contribution in [-0.4, -0.2) is 36.3 Å². The van der Waals surface area contributed by atoms with Gasteiger partial charge < -0.3 is 10.1 Å². The summed E-state index contributed by atoms with van der Waals surface area (Å²) >= 11 is 0. The molecule has 1 aliphatic heterocycles. The zero-order valence-corrected chi connectivity index (χ0v) is 13.3. The Labute approximate surface area is 139 Å². The largest absolute Gasteiger partial charge is 0.483 e. The summed E-state index contributed by atoms with van der Waals surface area (Å²) in [6, 6.07) is 12.0. The Bertz CT molecular complexity index is 845. The minimum atomic E-state index is -0.373. The van der Waals surface area contributed by atoms with E-state index >= 15 is 0 Å². The van der Waals surface area contributed by atoms with Crippen LogP contribution in [0.3, 0.4) is 0 Å². The van der Waals surface area contributed by atoms with E-state index in [2.05, 4.69) is 5.32 Å². The van der Waals surface area contributed by atoms with Gasteiger partial charge in [-0.25, -0.2) is 0 Å². The molecule has 0 saturated heterocycles. The molecule has 1 aliphatic rings. The predicted molar refractivity (Wildman–Crippen MR) is 88.2 cm³/mol. The average Bonchev–Trinajstić information content (AvgIpc) is 2.78. The van der Waals surface area contributed by atoms with Crippen molar-refractivity contribution in [3.8, 4) is 5.75 Å². The number of hydrogen-bond acceptors (Lipinski definition) is 4. The monoisotopic (exact) mass is 324 g/mol. The third-order valence-corrected chi connectivity index (χ3v) is 3.83. The third-order valence-electron chi connectivity index (χ3n) is 3.83. The van der Waals surface area contributed by atoms with Crippen molar-refractivity contribution in [1.29, 1.82) is 0 Å². The number of nitrogens with zero attached hydrogens (tertiary/aromatic N) is 1. The number of amides is 3. The minimum Gasteiger partial charge on any atom is -0.483 e. The third kappa shape index (κ3) is 2.86. The lowest BCUT2D eigenvalue weighted by atomic mass is 10.1. The zero-order valence-electron chi connectivity index (χ0n) is 13.3. The summed E-state index contributed by atoms with van der Waals surface area (Å²) in [6.45, 7) is 1.75. The van der Waals surface area contributed by atoms with Crippen molar-refractivity contribution < 1.29 is 19.1 Å². The van der Waals surface area contributed by atoms with Gasteiger partial charge in [0, 0.05) is 12.7 Å². The molecule has 0 aromatic heterocycles. The molecular formula is C18H16N2O4. The molecule has 1 heterocycles. The number of carbonyl (C=O) groups excluding carboxylic acids is 3. The second-order valence-electron chi connectivity index (χ2n) is 5.53. The van der Waals surface area contributed by atoms with Gasteiger partial charge >= 0.3 is 0 Å². The van der Waals surface area contributed by atoms with Crippen LogP contribution in [0.1, 0.15) is 26.3 Å². The normalized spacial score (nSPS) is 13.0. The summed E-state index contributed by atoms with van der Waals surface area (Å²) in [5, 5.41) is 2.67. The lowest BCUT2D eigenvalue weighted by molar-refractivity contribution is -0.118. The van der Waals surface area contributed by atoms with E-state index in [-0.39, 0.29) is 24.3 Å². The maximum atomic E-state index is 12.0. The standard InChI is InChI=1S/C18H16N2O4/c1-11-5-3-4-6-15(11)24-10-16(21)19-12-7-8-13-14(9-12)18(23)20(2)17(13)22/h3-9H,10H2,1-2H3,(H,19,21). The maximum Gasteiger partial charge on any atom is 0.262 e. The second kappa shape index (κ2) is 6.16. The van der Waals surface area contributed by atoms with Crippen LogP contribution in [-0.2, 0) is 4.79 Å². The number of benzene rings is 2. The summed E-state index contributed by atoms with van der Waals surface area (Å²) in [5.74, 6) is -0.412. The Balaban J connectivity index is 1.67. The van der Waals surface area contributed by atoms with Gasteiger partial charge in [-0.05, 0) is 36.8 Å². The van der Waals surface area contributed by atoms with Crippen molar-refractivity contribution in [2.24, 2.45) is 0 Å². The number of fused-ring (bicyclic) bond motifs is 1. The van der Waals surface area contributed by atoms with Gasteiger partial charge in [-0.15, -0.1) is 0 Å². The van der Waals surface area contributed by atoms with E-state index in [1.807, 2.05) is 25.1 Å². The van der Waals surface area contributed by atoms with Gasteiger partial charge in [0.05, 0.1) is 11.1 Å². The predicted octanol–water partition coefficient (Wildman–Crippen LogP) is 2.24. The van der Waals surface area contributed by atoms with Crippen LogP contribution in [0.5, 0.6) is 5.75 Å². The summed E-state index contributed by atoms with van der Waals surface area (Å²) in [5.41, 5.74) is 2.02. The highest BCUT2D eigenvalue weighted by Crippen LogP contribution is 2.24. The number of hydrogen-bond donors (Lipinski definition) is 1. The van der Waals surface area contributed by atoms with Gasteiger partial charge in [-0.2, -0.15) is 0 Å². The van der Waals surface area contributed by atoms with Crippen LogP contribution >= 0.6 is 0 Å². The molecule has 0 fully saturated rings. The number of carbonyl (C=O) groups is 3. The molecule has 0 aliphatic carbocycles. The van der Waals surface area contributed by atoms with Crippen LogP contribution in [0.15, 0.2) is 42.5 Å². The number of para-hydroxylation sites is 1. The van der Waals surface area contributed by atoms with Gasteiger partial charge in [-0.3, -0.25) is 19.3 Å². The lowest BCUT2D eigenvalue weighted by Crippen LogP contribution is -2.24. The minimum absolute atomic E-state index is 0.144. The molecule has 0 radical (unpaired) electrons. The molecule has 0 unspecified atom stereocenters. The Morgan fingerprint density at radius 1 is 1.08 bits per heavy atom. The molecule has 6 nitrogen and oxygen atoms in total.